The number of rotatable bonds is 44. The van der Waals surface area contributed by atoms with Crippen molar-refractivity contribution in [2.24, 2.45) is 0 Å². The molecule has 0 bridgehead atoms. The van der Waals surface area contributed by atoms with E-state index in [1.54, 1.807) is 6.08 Å². The molecule has 0 aliphatic heterocycles. The second kappa shape index (κ2) is 41.8. The van der Waals surface area contributed by atoms with Crippen LogP contribution in [0.4, 0.5) is 0 Å². The van der Waals surface area contributed by atoms with E-state index in [0.29, 0.717) is 17.4 Å². The number of aliphatic hydroxyl groups excluding tert-OH is 1. The number of quaternary nitrogens is 1. The van der Waals surface area contributed by atoms with Crippen molar-refractivity contribution in [3.63, 3.8) is 0 Å². The minimum absolute atomic E-state index is 0.0601. The first-order chi connectivity index (χ1) is 28.5. The van der Waals surface area contributed by atoms with E-state index in [-0.39, 0.29) is 19.1 Å². The van der Waals surface area contributed by atoms with Crippen LogP contribution in [0.5, 0.6) is 0 Å². The normalized spacial score (nSPS) is 14.6. The molecule has 3 unspecified atom stereocenters. The average Bonchev–Trinajstić information content (AvgIpc) is 3.19. The number of unbranched alkanes of at least 4 members (excludes halogenated alkanes) is 25. The number of allylic oxidation sites excluding steroid dienone is 7. The van der Waals surface area contributed by atoms with Crippen LogP contribution < -0.4 is 5.32 Å². The molecular weight excluding hydrogens is 756 g/mol. The van der Waals surface area contributed by atoms with E-state index in [0.717, 1.165) is 51.4 Å². The summed E-state index contributed by atoms with van der Waals surface area (Å²) in [7, 11) is 1.57. The number of carbonyl (C=O) groups excluding carboxylic acids is 1. The van der Waals surface area contributed by atoms with Gasteiger partial charge >= 0.3 is 7.82 Å². The van der Waals surface area contributed by atoms with Crippen LogP contribution in [0.25, 0.3) is 0 Å². The van der Waals surface area contributed by atoms with E-state index >= 15 is 0 Å². The molecule has 1 amide bonds. The Bertz CT molecular complexity index is 1100. The molecule has 0 saturated carbocycles. The Kier molecular flexibility index (Phi) is 40.7. The van der Waals surface area contributed by atoms with E-state index in [1.165, 1.54) is 141 Å². The van der Waals surface area contributed by atoms with Crippen LogP contribution >= 0.6 is 7.82 Å². The highest BCUT2D eigenvalue weighted by Crippen LogP contribution is 2.43. The zero-order valence-corrected chi connectivity index (χ0v) is 40.1. The molecule has 0 spiro atoms. The average molecular weight is 852 g/mol. The number of phosphoric acid groups is 1. The highest BCUT2D eigenvalue weighted by atomic mass is 31.2. The molecule has 8 nitrogen and oxygen atoms in total. The quantitative estimate of drug-likeness (QED) is 0.0244. The third-order valence-electron chi connectivity index (χ3n) is 10.8. The number of nitrogens with zero attached hydrogens (tertiary/aromatic N) is 1. The van der Waals surface area contributed by atoms with Crippen LogP contribution in [0, 0.1) is 0 Å². The van der Waals surface area contributed by atoms with Crippen molar-refractivity contribution in [2.75, 3.05) is 40.9 Å². The summed E-state index contributed by atoms with van der Waals surface area (Å²) in [6.45, 7) is 4.78. The summed E-state index contributed by atoms with van der Waals surface area (Å²) < 4.78 is 23.5. The van der Waals surface area contributed by atoms with Gasteiger partial charge in [-0.15, -0.1) is 0 Å². The van der Waals surface area contributed by atoms with Crippen LogP contribution in [-0.2, 0) is 18.4 Å². The third kappa shape index (κ3) is 44.3. The molecule has 0 rings (SSSR count). The number of phosphoric ester groups is 1. The molecule has 0 fully saturated rings. The first kappa shape index (κ1) is 57.5. The third-order valence-corrected chi connectivity index (χ3v) is 11.8. The Morgan fingerprint density at radius 2 is 0.966 bits per heavy atom. The summed E-state index contributed by atoms with van der Waals surface area (Å²) in [5, 5.41) is 13.8. The lowest BCUT2D eigenvalue weighted by atomic mass is 10.0. The number of nitrogens with one attached hydrogen (secondary N) is 1. The number of likely N-dealkylation sites (N-methyl/N-ethyl adjacent to an activating group) is 1. The Morgan fingerprint density at radius 1 is 0.576 bits per heavy atom. The first-order valence-electron chi connectivity index (χ1n) is 24.5. The first-order valence-corrected chi connectivity index (χ1v) is 26.0. The van der Waals surface area contributed by atoms with Gasteiger partial charge < -0.3 is 19.8 Å². The predicted molar refractivity (Wildman–Crippen MR) is 254 cm³/mol. The summed E-state index contributed by atoms with van der Waals surface area (Å²) in [6, 6.07) is -0.846. The van der Waals surface area contributed by atoms with Crippen molar-refractivity contribution in [3.05, 3.63) is 48.6 Å². The Hall–Kier alpha value is -1.54. The molecule has 0 aromatic rings. The van der Waals surface area contributed by atoms with Gasteiger partial charge in [-0.1, -0.05) is 197 Å². The molecule has 59 heavy (non-hydrogen) atoms. The fraction of sp³-hybridized carbons (Fsp3) is 0.820. The minimum Gasteiger partial charge on any atom is -0.387 e. The molecule has 346 valence electrons. The van der Waals surface area contributed by atoms with Crippen LogP contribution in [0.3, 0.4) is 0 Å². The van der Waals surface area contributed by atoms with E-state index < -0.39 is 20.0 Å². The maximum Gasteiger partial charge on any atom is 0.472 e. The van der Waals surface area contributed by atoms with Crippen LogP contribution in [0.1, 0.15) is 213 Å². The molecule has 0 aliphatic carbocycles. The molecule has 9 heteroatoms. The predicted octanol–water partition coefficient (Wildman–Crippen LogP) is 14.0. The van der Waals surface area contributed by atoms with Crippen molar-refractivity contribution < 1.29 is 32.9 Å². The van der Waals surface area contributed by atoms with Gasteiger partial charge in [0.2, 0.25) is 5.91 Å². The van der Waals surface area contributed by atoms with Gasteiger partial charge in [0.25, 0.3) is 0 Å². The number of carbonyl (C=O) groups is 1. The molecular formula is C50H96N2O6P+. The molecule has 3 N–H and O–H groups in total. The topological polar surface area (TPSA) is 105 Å². The summed E-state index contributed by atoms with van der Waals surface area (Å²) in [6.07, 6.45) is 53.4. The Morgan fingerprint density at radius 3 is 1.41 bits per heavy atom. The van der Waals surface area contributed by atoms with Gasteiger partial charge in [-0.25, -0.2) is 4.57 Å². The minimum atomic E-state index is -4.34. The van der Waals surface area contributed by atoms with Gasteiger partial charge in [-0.05, 0) is 57.8 Å². The second-order valence-electron chi connectivity index (χ2n) is 17.8. The SMILES string of the molecule is CCCCCCC/C=C\C/C=C\C/C=C\CCCCCCCCCCCCCCC(=O)NC(COP(=O)(O)OCC[N+](C)(C)C)C(O)/C=C/CCCCCCCCCC. The van der Waals surface area contributed by atoms with Gasteiger partial charge in [0.15, 0.2) is 0 Å². The van der Waals surface area contributed by atoms with Crippen molar-refractivity contribution in [3.8, 4) is 0 Å². The number of amides is 1. The van der Waals surface area contributed by atoms with E-state index in [9.17, 15) is 19.4 Å². The number of aliphatic hydroxyl groups is 1. The van der Waals surface area contributed by atoms with Crippen molar-refractivity contribution in [1.29, 1.82) is 0 Å². The number of hydrogen-bond acceptors (Lipinski definition) is 5. The van der Waals surface area contributed by atoms with Crippen LogP contribution in [-0.4, -0.2) is 73.4 Å². The molecule has 0 aliphatic rings. The van der Waals surface area contributed by atoms with Crippen LogP contribution in [0.15, 0.2) is 48.6 Å². The maximum atomic E-state index is 12.9. The van der Waals surface area contributed by atoms with E-state index in [1.807, 2.05) is 27.2 Å². The Labute approximate surface area is 365 Å². The van der Waals surface area contributed by atoms with Gasteiger partial charge in [0.05, 0.1) is 39.9 Å². The fourth-order valence-corrected chi connectivity index (χ4v) is 7.61. The van der Waals surface area contributed by atoms with Gasteiger partial charge in [0, 0.05) is 6.42 Å². The summed E-state index contributed by atoms with van der Waals surface area (Å²) in [5.74, 6) is -0.182. The zero-order chi connectivity index (χ0) is 43.6. The standard InChI is InChI=1S/C50H95N2O6P/c1-6-8-10-12-14-16-18-19-20-21-22-23-24-25-26-27-28-29-30-31-32-33-34-36-38-40-42-44-50(54)51-48(47-58-59(55,56)57-46-45-52(3,4)5)49(53)43-41-39-37-35-17-15-13-11-9-7-2/h18-19,21-22,24-25,41,43,48-49,53H,6-17,20,23,26-40,42,44-47H2,1-5H3,(H-,51,54,55,56)/p+1/b19-18-,22-21-,25-24-,43-41+. The lowest BCUT2D eigenvalue weighted by Crippen LogP contribution is -2.45. The molecule has 3 atom stereocenters. The highest BCUT2D eigenvalue weighted by molar-refractivity contribution is 7.47. The molecule has 0 aromatic carbocycles. The van der Waals surface area contributed by atoms with Gasteiger partial charge in [-0.2, -0.15) is 0 Å². The largest absolute Gasteiger partial charge is 0.472 e. The lowest BCUT2D eigenvalue weighted by molar-refractivity contribution is -0.870. The summed E-state index contributed by atoms with van der Waals surface area (Å²) in [4.78, 5) is 23.1. The Balaban J connectivity index is 4.15. The highest BCUT2D eigenvalue weighted by Gasteiger charge is 2.27. The smallest absolute Gasteiger partial charge is 0.387 e. The number of hydrogen-bond donors (Lipinski definition) is 3. The summed E-state index contributed by atoms with van der Waals surface area (Å²) in [5.41, 5.74) is 0. The van der Waals surface area contributed by atoms with Crippen molar-refractivity contribution in [2.45, 2.75) is 225 Å². The summed E-state index contributed by atoms with van der Waals surface area (Å²) >= 11 is 0. The second-order valence-corrected chi connectivity index (χ2v) is 19.3. The van der Waals surface area contributed by atoms with Crippen molar-refractivity contribution >= 4 is 13.7 Å². The van der Waals surface area contributed by atoms with Crippen LogP contribution in [0.2, 0.25) is 0 Å². The monoisotopic (exact) mass is 852 g/mol. The zero-order valence-electron chi connectivity index (χ0n) is 39.2. The fourth-order valence-electron chi connectivity index (χ4n) is 6.87. The van der Waals surface area contributed by atoms with E-state index in [4.69, 9.17) is 9.05 Å². The maximum absolute atomic E-state index is 12.9. The molecule has 0 saturated heterocycles. The van der Waals surface area contributed by atoms with Crippen molar-refractivity contribution in [1.82, 2.24) is 5.32 Å². The van der Waals surface area contributed by atoms with Gasteiger partial charge in [0.1, 0.15) is 13.2 Å². The molecule has 0 radical (unpaired) electrons. The molecule has 0 aromatic heterocycles. The van der Waals surface area contributed by atoms with E-state index in [2.05, 4.69) is 55.6 Å². The van der Waals surface area contributed by atoms with Gasteiger partial charge in [-0.3, -0.25) is 13.8 Å². The molecule has 0 heterocycles. The lowest BCUT2D eigenvalue weighted by Gasteiger charge is -2.25.